The fourth-order valence-corrected chi connectivity index (χ4v) is 2.07. The summed E-state index contributed by atoms with van der Waals surface area (Å²) in [4.78, 5) is 11.8. The smallest absolute Gasteiger partial charge is 0.251 e. The van der Waals surface area contributed by atoms with Crippen molar-refractivity contribution in [3.63, 3.8) is 0 Å². The maximum absolute atomic E-state index is 11.8. The average molecular weight is 249 g/mol. The number of carbonyl (C=O) groups is 1. The van der Waals surface area contributed by atoms with E-state index in [2.05, 4.69) is 10.6 Å². The van der Waals surface area contributed by atoms with Gasteiger partial charge >= 0.3 is 0 Å². The lowest BCUT2D eigenvalue weighted by Gasteiger charge is -2.21. The molecule has 0 unspecified atom stereocenters. The van der Waals surface area contributed by atoms with Gasteiger partial charge < -0.3 is 15.5 Å². The molecule has 0 spiro atoms. The van der Waals surface area contributed by atoms with Crippen LogP contribution in [-0.2, 0) is 0 Å². The predicted molar refractivity (Wildman–Crippen MR) is 66.7 cm³/mol. The van der Waals surface area contributed by atoms with Crippen molar-refractivity contribution < 1.29 is 15.0 Å². The van der Waals surface area contributed by atoms with Crippen LogP contribution in [0.25, 0.3) is 0 Å². The van der Waals surface area contributed by atoms with Gasteiger partial charge in [0.15, 0.2) is 0 Å². The SMILES string of the molecule is O=C(NCC1CC[N]CC1)c1cc(O)cc(O)c1. The largest absolute Gasteiger partial charge is 0.508 e. The number of rotatable bonds is 3. The average Bonchev–Trinajstić information content (AvgIpc) is 2.36. The molecule has 0 atom stereocenters. The summed E-state index contributed by atoms with van der Waals surface area (Å²) in [5.41, 5.74) is 0.271. The first kappa shape index (κ1) is 12.7. The van der Waals surface area contributed by atoms with Crippen molar-refractivity contribution in [2.24, 2.45) is 5.92 Å². The fourth-order valence-electron chi connectivity index (χ4n) is 2.07. The maximum Gasteiger partial charge on any atom is 0.251 e. The zero-order valence-corrected chi connectivity index (χ0v) is 10.1. The normalized spacial score (nSPS) is 16.4. The van der Waals surface area contributed by atoms with E-state index in [1.54, 1.807) is 0 Å². The van der Waals surface area contributed by atoms with Gasteiger partial charge in [-0.3, -0.25) is 4.79 Å². The molecule has 1 heterocycles. The molecule has 1 radical (unpaired) electrons. The van der Waals surface area contributed by atoms with Gasteiger partial charge in [-0.1, -0.05) is 0 Å². The third-order valence-electron chi connectivity index (χ3n) is 3.11. The van der Waals surface area contributed by atoms with Gasteiger partial charge in [0.25, 0.3) is 5.91 Å². The van der Waals surface area contributed by atoms with Gasteiger partial charge in [0, 0.05) is 31.3 Å². The summed E-state index contributed by atoms with van der Waals surface area (Å²) in [5.74, 6) is -0.0331. The molecule has 97 valence electrons. The second-order valence-electron chi connectivity index (χ2n) is 4.56. The molecule has 3 N–H and O–H groups in total. The van der Waals surface area contributed by atoms with Gasteiger partial charge in [0.2, 0.25) is 0 Å². The van der Waals surface area contributed by atoms with E-state index in [0.29, 0.717) is 12.5 Å². The number of hydrogen-bond acceptors (Lipinski definition) is 3. The van der Waals surface area contributed by atoms with Crippen LogP contribution in [0.1, 0.15) is 23.2 Å². The van der Waals surface area contributed by atoms with Crippen LogP contribution in [0.4, 0.5) is 0 Å². The van der Waals surface area contributed by atoms with Crippen LogP contribution in [0.3, 0.4) is 0 Å². The van der Waals surface area contributed by atoms with Gasteiger partial charge in [-0.15, -0.1) is 0 Å². The zero-order chi connectivity index (χ0) is 13.0. The highest BCUT2D eigenvalue weighted by Crippen LogP contribution is 2.20. The van der Waals surface area contributed by atoms with Crippen molar-refractivity contribution in [3.05, 3.63) is 23.8 Å². The summed E-state index contributed by atoms with van der Waals surface area (Å²) >= 11 is 0. The maximum atomic E-state index is 11.8. The molecular formula is C13H17N2O3. The third-order valence-corrected chi connectivity index (χ3v) is 3.11. The van der Waals surface area contributed by atoms with Crippen LogP contribution >= 0.6 is 0 Å². The minimum absolute atomic E-state index is 0.114. The van der Waals surface area contributed by atoms with Crippen LogP contribution in [0, 0.1) is 5.92 Å². The second-order valence-corrected chi connectivity index (χ2v) is 4.56. The van der Waals surface area contributed by atoms with Crippen LogP contribution in [0.2, 0.25) is 0 Å². The number of phenols is 2. The van der Waals surface area contributed by atoms with E-state index in [-0.39, 0.29) is 23.0 Å². The summed E-state index contributed by atoms with van der Waals surface area (Å²) in [6, 6.07) is 3.87. The molecule has 0 aliphatic carbocycles. The molecule has 0 saturated carbocycles. The van der Waals surface area contributed by atoms with E-state index in [1.807, 2.05) is 0 Å². The fraction of sp³-hybridized carbons (Fsp3) is 0.462. The molecule has 1 fully saturated rings. The third kappa shape index (κ3) is 3.37. The summed E-state index contributed by atoms with van der Waals surface area (Å²) in [7, 11) is 0. The van der Waals surface area contributed by atoms with Crippen molar-refractivity contribution in [2.45, 2.75) is 12.8 Å². The highest BCUT2D eigenvalue weighted by molar-refractivity contribution is 5.95. The molecular weight excluding hydrogens is 232 g/mol. The molecule has 5 nitrogen and oxygen atoms in total. The first-order valence-electron chi connectivity index (χ1n) is 6.09. The molecule has 1 aliphatic rings. The molecule has 1 amide bonds. The molecule has 18 heavy (non-hydrogen) atoms. The van der Waals surface area contributed by atoms with Gasteiger partial charge in [-0.25, -0.2) is 5.32 Å². The van der Waals surface area contributed by atoms with Crippen molar-refractivity contribution in [2.75, 3.05) is 19.6 Å². The van der Waals surface area contributed by atoms with Crippen molar-refractivity contribution >= 4 is 5.91 Å². The zero-order valence-electron chi connectivity index (χ0n) is 10.1. The summed E-state index contributed by atoms with van der Waals surface area (Å²) in [6.07, 6.45) is 2.01. The number of carbonyl (C=O) groups excluding carboxylic acids is 1. The van der Waals surface area contributed by atoms with Gasteiger partial charge in [0.1, 0.15) is 11.5 Å². The lowest BCUT2D eigenvalue weighted by Crippen LogP contribution is -2.33. The molecule has 2 rings (SSSR count). The van der Waals surface area contributed by atoms with Crippen LogP contribution < -0.4 is 10.6 Å². The Balaban J connectivity index is 1.90. The Bertz CT molecular complexity index is 408. The van der Waals surface area contributed by atoms with Crippen molar-refractivity contribution in [3.8, 4) is 11.5 Å². The molecule has 1 saturated heterocycles. The minimum Gasteiger partial charge on any atom is -0.508 e. The Hall–Kier alpha value is -1.75. The number of hydrogen-bond donors (Lipinski definition) is 3. The Labute approximate surface area is 106 Å². The Morgan fingerprint density at radius 3 is 2.44 bits per heavy atom. The molecule has 5 heteroatoms. The molecule has 1 aromatic rings. The van der Waals surface area contributed by atoms with E-state index >= 15 is 0 Å². The topological polar surface area (TPSA) is 83.7 Å². The number of nitrogens with one attached hydrogen (secondary N) is 1. The van der Waals surface area contributed by atoms with Gasteiger partial charge in [0.05, 0.1) is 0 Å². The molecule has 0 aromatic heterocycles. The number of benzene rings is 1. The van der Waals surface area contributed by atoms with Crippen LogP contribution in [0.5, 0.6) is 11.5 Å². The van der Waals surface area contributed by atoms with Crippen molar-refractivity contribution in [1.29, 1.82) is 0 Å². The molecule has 1 aromatic carbocycles. The lowest BCUT2D eigenvalue weighted by molar-refractivity contribution is 0.0943. The Kier molecular flexibility index (Phi) is 4.04. The summed E-state index contributed by atoms with van der Waals surface area (Å²) in [5, 5.41) is 25.7. The second kappa shape index (κ2) is 5.73. The lowest BCUT2D eigenvalue weighted by atomic mass is 9.98. The minimum atomic E-state index is -0.274. The van der Waals surface area contributed by atoms with Crippen molar-refractivity contribution in [1.82, 2.24) is 10.6 Å². The van der Waals surface area contributed by atoms with E-state index < -0.39 is 0 Å². The summed E-state index contributed by atoms with van der Waals surface area (Å²) < 4.78 is 0. The Morgan fingerprint density at radius 1 is 1.22 bits per heavy atom. The number of phenolic OH excluding ortho intramolecular Hbond substituents is 2. The first-order chi connectivity index (χ1) is 8.65. The van der Waals surface area contributed by atoms with Crippen LogP contribution in [-0.4, -0.2) is 35.8 Å². The van der Waals surface area contributed by atoms with E-state index in [0.717, 1.165) is 25.9 Å². The van der Waals surface area contributed by atoms with Gasteiger partial charge in [-0.05, 0) is 30.9 Å². The molecule has 0 bridgehead atoms. The van der Waals surface area contributed by atoms with E-state index in [1.165, 1.54) is 18.2 Å². The number of nitrogens with zero attached hydrogens (tertiary/aromatic N) is 1. The Morgan fingerprint density at radius 2 is 1.83 bits per heavy atom. The standard InChI is InChI=1S/C13H17N2O3/c16-11-5-10(6-12(17)7-11)13(18)15-8-9-1-3-14-4-2-9/h5-7,9,16-17H,1-4,8H2,(H,15,18). The predicted octanol–water partition coefficient (Wildman–Crippen LogP) is 0.842. The van der Waals surface area contributed by atoms with Gasteiger partial charge in [-0.2, -0.15) is 0 Å². The summed E-state index contributed by atoms with van der Waals surface area (Å²) in [6.45, 7) is 2.35. The van der Waals surface area contributed by atoms with E-state index in [4.69, 9.17) is 0 Å². The number of piperidine rings is 1. The highest BCUT2D eigenvalue weighted by atomic mass is 16.3. The quantitative estimate of drug-likeness (QED) is 0.742. The van der Waals surface area contributed by atoms with Crippen LogP contribution in [0.15, 0.2) is 18.2 Å². The highest BCUT2D eigenvalue weighted by Gasteiger charge is 2.15. The molecule has 1 aliphatic heterocycles. The first-order valence-corrected chi connectivity index (χ1v) is 6.09. The number of aromatic hydroxyl groups is 2. The van der Waals surface area contributed by atoms with E-state index in [9.17, 15) is 15.0 Å². The number of amides is 1. The monoisotopic (exact) mass is 249 g/mol.